The summed E-state index contributed by atoms with van der Waals surface area (Å²) in [6.07, 6.45) is -3.94. The quantitative estimate of drug-likeness (QED) is 0.723. The highest BCUT2D eigenvalue weighted by molar-refractivity contribution is 6.02. The molecule has 0 atom stereocenters. The standard InChI is InChI=1S/C13H11F3O2/c14-13(15,16)10-3-1-8(2-4-10)9-5-11(17)7-12(18)6-9/h1-4,9H,5-7H2. The van der Waals surface area contributed by atoms with E-state index in [1.54, 1.807) is 0 Å². The van der Waals surface area contributed by atoms with Crippen molar-refractivity contribution in [3.63, 3.8) is 0 Å². The maximum atomic E-state index is 12.4. The van der Waals surface area contributed by atoms with Crippen LogP contribution in [0.3, 0.4) is 0 Å². The Bertz CT molecular complexity index is 458. The molecule has 0 heterocycles. The van der Waals surface area contributed by atoms with Gasteiger partial charge in [-0.3, -0.25) is 9.59 Å². The summed E-state index contributed by atoms with van der Waals surface area (Å²) in [6, 6.07) is 4.66. The number of rotatable bonds is 1. The van der Waals surface area contributed by atoms with Crippen molar-refractivity contribution in [2.45, 2.75) is 31.4 Å². The SMILES string of the molecule is O=C1CC(=O)CC(c2ccc(C(F)(F)F)cc2)C1. The Hall–Kier alpha value is -1.65. The summed E-state index contributed by atoms with van der Waals surface area (Å²) in [5.74, 6) is -0.562. The number of hydrogen-bond donors (Lipinski definition) is 0. The van der Waals surface area contributed by atoms with Crippen molar-refractivity contribution in [1.29, 1.82) is 0 Å². The van der Waals surface area contributed by atoms with E-state index < -0.39 is 11.7 Å². The van der Waals surface area contributed by atoms with Crippen LogP contribution in [0.2, 0.25) is 0 Å². The molecule has 0 bridgehead atoms. The van der Waals surface area contributed by atoms with Gasteiger partial charge in [0.05, 0.1) is 12.0 Å². The van der Waals surface area contributed by atoms with Crippen LogP contribution in [-0.4, -0.2) is 11.6 Å². The van der Waals surface area contributed by atoms with Gasteiger partial charge >= 0.3 is 6.18 Å². The molecule has 1 aliphatic carbocycles. The number of hydrogen-bond acceptors (Lipinski definition) is 2. The molecule has 0 aliphatic heterocycles. The molecule has 0 amide bonds. The number of alkyl halides is 3. The summed E-state index contributed by atoms with van der Waals surface area (Å²) < 4.78 is 37.1. The Morgan fingerprint density at radius 2 is 1.44 bits per heavy atom. The van der Waals surface area contributed by atoms with Crippen LogP contribution in [0.5, 0.6) is 0 Å². The molecule has 1 saturated carbocycles. The molecular weight excluding hydrogens is 245 g/mol. The molecule has 18 heavy (non-hydrogen) atoms. The Morgan fingerprint density at radius 3 is 1.89 bits per heavy atom. The average Bonchev–Trinajstić information content (AvgIpc) is 2.27. The van der Waals surface area contributed by atoms with Crippen molar-refractivity contribution in [2.75, 3.05) is 0 Å². The molecule has 0 radical (unpaired) electrons. The van der Waals surface area contributed by atoms with Gasteiger partial charge in [-0.15, -0.1) is 0 Å². The van der Waals surface area contributed by atoms with E-state index in [-0.39, 0.29) is 36.7 Å². The molecule has 0 spiro atoms. The zero-order chi connectivity index (χ0) is 13.3. The predicted octanol–water partition coefficient (Wildman–Crippen LogP) is 3.11. The fraction of sp³-hybridized carbons (Fsp3) is 0.385. The van der Waals surface area contributed by atoms with Gasteiger partial charge in [-0.1, -0.05) is 12.1 Å². The summed E-state index contributed by atoms with van der Waals surface area (Å²) in [6.45, 7) is 0. The smallest absolute Gasteiger partial charge is 0.299 e. The van der Waals surface area contributed by atoms with Gasteiger partial charge in [0.25, 0.3) is 0 Å². The highest BCUT2D eigenvalue weighted by atomic mass is 19.4. The molecule has 0 saturated heterocycles. The normalized spacial score (nSPS) is 18.2. The monoisotopic (exact) mass is 256 g/mol. The fourth-order valence-corrected chi connectivity index (χ4v) is 2.17. The first-order valence-electron chi connectivity index (χ1n) is 5.57. The first-order valence-corrected chi connectivity index (χ1v) is 5.57. The highest BCUT2D eigenvalue weighted by Gasteiger charge is 2.31. The average molecular weight is 256 g/mol. The van der Waals surface area contributed by atoms with Crippen LogP contribution in [0, 0.1) is 0 Å². The van der Waals surface area contributed by atoms with Gasteiger partial charge in [-0.2, -0.15) is 13.2 Å². The zero-order valence-electron chi connectivity index (χ0n) is 9.46. The third-order valence-corrected chi connectivity index (χ3v) is 3.05. The van der Waals surface area contributed by atoms with Gasteiger partial charge in [0.2, 0.25) is 0 Å². The summed E-state index contributed by atoms with van der Waals surface area (Å²) in [4.78, 5) is 22.6. The minimum absolute atomic E-state index is 0.0445. The van der Waals surface area contributed by atoms with E-state index in [2.05, 4.69) is 0 Å². The van der Waals surface area contributed by atoms with E-state index in [0.717, 1.165) is 12.1 Å². The largest absolute Gasteiger partial charge is 0.416 e. The lowest BCUT2D eigenvalue weighted by Gasteiger charge is -2.20. The van der Waals surface area contributed by atoms with E-state index in [9.17, 15) is 22.8 Å². The van der Waals surface area contributed by atoms with Crippen LogP contribution < -0.4 is 0 Å². The van der Waals surface area contributed by atoms with Crippen LogP contribution in [0.1, 0.15) is 36.3 Å². The van der Waals surface area contributed by atoms with Crippen LogP contribution in [-0.2, 0) is 15.8 Å². The van der Waals surface area contributed by atoms with E-state index in [4.69, 9.17) is 0 Å². The highest BCUT2D eigenvalue weighted by Crippen LogP contribution is 2.33. The van der Waals surface area contributed by atoms with Gasteiger partial charge in [-0.05, 0) is 23.6 Å². The second-order valence-corrected chi connectivity index (χ2v) is 4.48. The zero-order valence-corrected chi connectivity index (χ0v) is 9.46. The minimum atomic E-state index is -4.36. The maximum Gasteiger partial charge on any atom is 0.416 e. The van der Waals surface area contributed by atoms with Crippen molar-refractivity contribution in [2.24, 2.45) is 0 Å². The van der Waals surface area contributed by atoms with Crippen molar-refractivity contribution in [1.82, 2.24) is 0 Å². The first-order chi connectivity index (χ1) is 8.36. The molecule has 1 aromatic rings. The summed E-state index contributed by atoms with van der Waals surface area (Å²) >= 11 is 0. The van der Waals surface area contributed by atoms with Crippen molar-refractivity contribution in [3.05, 3.63) is 35.4 Å². The van der Waals surface area contributed by atoms with E-state index in [1.165, 1.54) is 12.1 Å². The maximum absolute atomic E-state index is 12.4. The van der Waals surface area contributed by atoms with Crippen LogP contribution in [0.15, 0.2) is 24.3 Å². The summed E-state index contributed by atoms with van der Waals surface area (Å²) in [5.41, 5.74) is -0.107. The molecule has 1 aromatic carbocycles. The third kappa shape index (κ3) is 2.78. The topological polar surface area (TPSA) is 34.1 Å². The first kappa shape index (κ1) is 12.8. The molecular formula is C13H11F3O2. The second-order valence-electron chi connectivity index (χ2n) is 4.48. The Balaban J connectivity index is 2.19. The lowest BCUT2D eigenvalue weighted by molar-refractivity contribution is -0.137. The number of halogens is 3. The minimum Gasteiger partial charge on any atom is -0.299 e. The van der Waals surface area contributed by atoms with Crippen molar-refractivity contribution < 1.29 is 22.8 Å². The molecule has 96 valence electrons. The number of Topliss-reactive ketones (excluding diaryl/α,β-unsaturated/α-hetero) is 2. The van der Waals surface area contributed by atoms with Crippen molar-refractivity contribution in [3.8, 4) is 0 Å². The number of carbonyl (C=O) groups is 2. The lowest BCUT2D eigenvalue weighted by Crippen LogP contribution is -2.21. The second kappa shape index (κ2) is 4.55. The molecule has 0 aromatic heterocycles. The lowest BCUT2D eigenvalue weighted by atomic mass is 9.82. The molecule has 1 fully saturated rings. The van der Waals surface area contributed by atoms with Gasteiger partial charge in [0.1, 0.15) is 11.6 Å². The van der Waals surface area contributed by atoms with Gasteiger partial charge < -0.3 is 0 Å². The third-order valence-electron chi connectivity index (χ3n) is 3.05. The Kier molecular flexibility index (Phi) is 3.24. The van der Waals surface area contributed by atoms with E-state index in [0.29, 0.717) is 5.56 Å². The Morgan fingerprint density at radius 1 is 0.944 bits per heavy atom. The summed E-state index contributed by atoms with van der Waals surface area (Å²) in [5, 5.41) is 0. The van der Waals surface area contributed by atoms with E-state index >= 15 is 0 Å². The number of benzene rings is 1. The van der Waals surface area contributed by atoms with Crippen molar-refractivity contribution >= 4 is 11.6 Å². The molecule has 1 aliphatic rings. The van der Waals surface area contributed by atoms with Gasteiger partial charge in [-0.25, -0.2) is 0 Å². The van der Waals surface area contributed by atoms with Crippen LogP contribution in [0.25, 0.3) is 0 Å². The number of ketones is 2. The molecule has 2 rings (SSSR count). The van der Waals surface area contributed by atoms with Gasteiger partial charge in [0, 0.05) is 12.8 Å². The summed E-state index contributed by atoms with van der Waals surface area (Å²) in [7, 11) is 0. The molecule has 0 N–H and O–H groups in total. The molecule has 5 heteroatoms. The van der Waals surface area contributed by atoms with Gasteiger partial charge in [0.15, 0.2) is 0 Å². The fourth-order valence-electron chi connectivity index (χ4n) is 2.17. The van der Waals surface area contributed by atoms with Crippen LogP contribution in [0.4, 0.5) is 13.2 Å². The van der Waals surface area contributed by atoms with Crippen LogP contribution >= 0.6 is 0 Å². The molecule has 0 unspecified atom stereocenters. The number of carbonyl (C=O) groups excluding carboxylic acids is 2. The Labute approximate surface area is 102 Å². The van der Waals surface area contributed by atoms with E-state index in [1.807, 2.05) is 0 Å². The predicted molar refractivity (Wildman–Crippen MR) is 58.1 cm³/mol. The molecule has 2 nitrogen and oxygen atoms in total.